The molecule has 1 aliphatic heterocycles. The fraction of sp³-hybridized carbons (Fsp3) is 0.529. The highest BCUT2D eigenvalue weighted by Gasteiger charge is 2.29. The zero-order chi connectivity index (χ0) is 17.9. The van der Waals surface area contributed by atoms with Gasteiger partial charge in [0.1, 0.15) is 23.0 Å². The van der Waals surface area contributed by atoms with Crippen LogP contribution in [0.4, 0.5) is 5.82 Å². The van der Waals surface area contributed by atoms with E-state index in [0.29, 0.717) is 16.9 Å². The molecule has 6 nitrogen and oxygen atoms in total. The molecule has 2 heterocycles. The van der Waals surface area contributed by atoms with Crippen LogP contribution in [0.3, 0.4) is 0 Å². The Hall–Kier alpha value is -2.25. The van der Waals surface area contributed by atoms with Crippen LogP contribution in [0, 0.1) is 34.5 Å². The van der Waals surface area contributed by atoms with Gasteiger partial charge < -0.3 is 10.6 Å². The van der Waals surface area contributed by atoms with Crippen LogP contribution in [0.1, 0.15) is 38.3 Å². The van der Waals surface area contributed by atoms with Crippen molar-refractivity contribution in [2.24, 2.45) is 11.8 Å². The van der Waals surface area contributed by atoms with Crippen molar-refractivity contribution in [3.05, 3.63) is 17.2 Å². The minimum atomic E-state index is -0.366. The van der Waals surface area contributed by atoms with Gasteiger partial charge in [0.25, 0.3) is 0 Å². The van der Waals surface area contributed by atoms with Gasteiger partial charge in [0.15, 0.2) is 0 Å². The summed E-state index contributed by atoms with van der Waals surface area (Å²) in [5.74, 6) is 1.12. The number of piperidine rings is 1. The number of nitriles is 2. The highest BCUT2D eigenvalue weighted by molar-refractivity contribution is 8.00. The standard InChI is InChI=1S/C17H21N5OS/c1-10-4-11(2)9-22(8-10)17(23)12(3)24-16-14(7-19)5-13(6-18)15(20)21-16/h5,10-12H,4,8-9H2,1-3H3,(H2,20,21)/t10-,11+,12-/m1/s1. The van der Waals surface area contributed by atoms with Crippen molar-refractivity contribution in [1.82, 2.24) is 9.88 Å². The van der Waals surface area contributed by atoms with Crippen molar-refractivity contribution >= 4 is 23.5 Å². The van der Waals surface area contributed by atoms with Crippen molar-refractivity contribution in [3.8, 4) is 12.1 Å². The molecule has 0 spiro atoms. The number of hydrogen-bond donors (Lipinski definition) is 1. The Kier molecular flexibility index (Phi) is 5.69. The molecule has 0 unspecified atom stereocenters. The first kappa shape index (κ1) is 18.1. The second-order valence-corrected chi connectivity index (χ2v) is 7.78. The van der Waals surface area contributed by atoms with Crippen LogP contribution in [0.5, 0.6) is 0 Å². The molecule has 1 aliphatic rings. The third-order valence-corrected chi connectivity index (χ3v) is 5.16. The van der Waals surface area contributed by atoms with Crippen LogP contribution in [0.15, 0.2) is 11.1 Å². The maximum atomic E-state index is 12.7. The first-order valence-corrected chi connectivity index (χ1v) is 8.79. The Morgan fingerprint density at radius 3 is 2.46 bits per heavy atom. The predicted molar refractivity (Wildman–Crippen MR) is 92.9 cm³/mol. The van der Waals surface area contributed by atoms with E-state index in [-0.39, 0.29) is 28.1 Å². The number of thioether (sulfide) groups is 1. The van der Waals surface area contributed by atoms with Crippen molar-refractivity contribution in [1.29, 1.82) is 10.5 Å². The van der Waals surface area contributed by atoms with Gasteiger partial charge >= 0.3 is 0 Å². The van der Waals surface area contributed by atoms with Gasteiger partial charge in [-0.05, 0) is 31.2 Å². The molecule has 126 valence electrons. The fourth-order valence-corrected chi connectivity index (χ4v) is 4.05. The highest BCUT2D eigenvalue weighted by atomic mass is 32.2. The molecular formula is C17H21N5OS. The number of anilines is 1. The summed E-state index contributed by atoms with van der Waals surface area (Å²) in [4.78, 5) is 18.7. The van der Waals surface area contributed by atoms with Crippen LogP contribution in [-0.2, 0) is 4.79 Å². The summed E-state index contributed by atoms with van der Waals surface area (Å²) in [5.41, 5.74) is 6.18. The molecule has 1 aromatic rings. The summed E-state index contributed by atoms with van der Waals surface area (Å²) in [6, 6.07) is 5.36. The van der Waals surface area contributed by atoms with Gasteiger partial charge in [-0.1, -0.05) is 25.6 Å². The van der Waals surface area contributed by atoms with Gasteiger partial charge in [0.05, 0.1) is 16.4 Å². The summed E-state index contributed by atoms with van der Waals surface area (Å²) < 4.78 is 0. The van der Waals surface area contributed by atoms with Crippen LogP contribution in [0.25, 0.3) is 0 Å². The lowest BCUT2D eigenvalue weighted by Crippen LogP contribution is -2.45. The second-order valence-electron chi connectivity index (χ2n) is 6.45. The topological polar surface area (TPSA) is 107 Å². The molecule has 0 radical (unpaired) electrons. The van der Waals surface area contributed by atoms with E-state index in [4.69, 9.17) is 11.0 Å². The number of carbonyl (C=O) groups is 1. The van der Waals surface area contributed by atoms with Crippen LogP contribution < -0.4 is 5.73 Å². The minimum absolute atomic E-state index is 0.0482. The molecule has 24 heavy (non-hydrogen) atoms. The van der Waals surface area contributed by atoms with Crippen molar-refractivity contribution in [3.63, 3.8) is 0 Å². The lowest BCUT2D eigenvalue weighted by molar-refractivity contribution is -0.132. The predicted octanol–water partition coefficient (Wildman–Crippen LogP) is 2.39. The van der Waals surface area contributed by atoms with E-state index in [2.05, 4.69) is 18.8 Å². The number of hydrogen-bond acceptors (Lipinski definition) is 6. The third-order valence-electron chi connectivity index (χ3n) is 4.07. The molecule has 1 fully saturated rings. The Morgan fingerprint density at radius 2 is 1.92 bits per heavy atom. The number of nitrogens with zero attached hydrogens (tertiary/aromatic N) is 4. The van der Waals surface area contributed by atoms with E-state index in [1.807, 2.05) is 24.0 Å². The van der Waals surface area contributed by atoms with Gasteiger partial charge in [0, 0.05) is 13.1 Å². The van der Waals surface area contributed by atoms with Crippen LogP contribution in [0.2, 0.25) is 0 Å². The SMILES string of the molecule is C[C@@H]1C[C@H](C)CN(C(=O)[C@@H](C)Sc2nc(N)c(C#N)cc2C#N)C1. The highest BCUT2D eigenvalue weighted by Crippen LogP contribution is 2.30. The smallest absolute Gasteiger partial charge is 0.235 e. The third kappa shape index (κ3) is 3.98. The molecule has 0 saturated carbocycles. The summed E-state index contributed by atoms with van der Waals surface area (Å²) in [7, 11) is 0. The number of amides is 1. The Morgan fingerprint density at radius 1 is 1.33 bits per heavy atom. The molecule has 0 aliphatic carbocycles. The molecular weight excluding hydrogens is 322 g/mol. The van der Waals surface area contributed by atoms with E-state index in [1.54, 1.807) is 0 Å². The largest absolute Gasteiger partial charge is 0.383 e. The second kappa shape index (κ2) is 7.55. The average Bonchev–Trinajstić information content (AvgIpc) is 2.53. The number of pyridine rings is 1. The number of rotatable bonds is 3. The number of aromatic nitrogens is 1. The monoisotopic (exact) mass is 343 g/mol. The normalized spacial score (nSPS) is 21.6. The van der Waals surface area contributed by atoms with Crippen molar-refractivity contribution in [2.45, 2.75) is 37.5 Å². The Balaban J connectivity index is 2.16. The van der Waals surface area contributed by atoms with Crippen LogP contribution >= 0.6 is 11.8 Å². The number of nitrogen functional groups attached to an aromatic ring is 1. The van der Waals surface area contributed by atoms with Gasteiger partial charge in [0.2, 0.25) is 5.91 Å². The van der Waals surface area contributed by atoms with Crippen molar-refractivity contribution in [2.75, 3.05) is 18.8 Å². The van der Waals surface area contributed by atoms with E-state index < -0.39 is 0 Å². The number of likely N-dealkylation sites (tertiary alicyclic amines) is 1. The molecule has 1 amide bonds. The maximum absolute atomic E-state index is 12.7. The molecule has 0 bridgehead atoms. The average molecular weight is 343 g/mol. The van der Waals surface area contributed by atoms with E-state index in [1.165, 1.54) is 17.8 Å². The van der Waals surface area contributed by atoms with Gasteiger partial charge in [-0.15, -0.1) is 0 Å². The number of nitrogens with two attached hydrogens (primary N) is 1. The molecule has 0 aromatic carbocycles. The van der Waals surface area contributed by atoms with Crippen LogP contribution in [-0.4, -0.2) is 34.1 Å². The molecule has 2 rings (SSSR count). The molecule has 1 saturated heterocycles. The van der Waals surface area contributed by atoms with Crippen molar-refractivity contribution < 1.29 is 4.79 Å². The van der Waals surface area contributed by atoms with Gasteiger partial charge in [-0.3, -0.25) is 4.79 Å². The number of carbonyl (C=O) groups excluding carboxylic acids is 1. The summed E-state index contributed by atoms with van der Waals surface area (Å²) in [5, 5.41) is 18.3. The summed E-state index contributed by atoms with van der Waals surface area (Å²) in [6.07, 6.45) is 1.14. The molecule has 3 atom stereocenters. The lowest BCUT2D eigenvalue weighted by atomic mass is 9.92. The Labute approximate surface area is 146 Å². The first-order valence-electron chi connectivity index (χ1n) is 7.91. The van der Waals surface area contributed by atoms with E-state index in [9.17, 15) is 10.1 Å². The maximum Gasteiger partial charge on any atom is 0.235 e. The van der Waals surface area contributed by atoms with E-state index in [0.717, 1.165) is 19.5 Å². The van der Waals surface area contributed by atoms with E-state index >= 15 is 0 Å². The molecule has 2 N–H and O–H groups in total. The quantitative estimate of drug-likeness (QED) is 0.844. The summed E-state index contributed by atoms with van der Waals surface area (Å²) >= 11 is 1.22. The first-order chi connectivity index (χ1) is 11.3. The fourth-order valence-electron chi connectivity index (χ4n) is 3.09. The molecule has 7 heteroatoms. The zero-order valence-corrected chi connectivity index (χ0v) is 14.9. The zero-order valence-electron chi connectivity index (χ0n) is 14.1. The minimum Gasteiger partial charge on any atom is -0.383 e. The summed E-state index contributed by atoms with van der Waals surface area (Å²) in [6.45, 7) is 7.66. The van der Waals surface area contributed by atoms with Gasteiger partial charge in [-0.2, -0.15) is 10.5 Å². The van der Waals surface area contributed by atoms with Gasteiger partial charge in [-0.25, -0.2) is 4.98 Å². The lowest BCUT2D eigenvalue weighted by Gasteiger charge is -2.36. The molecule has 1 aromatic heterocycles. The Bertz CT molecular complexity index is 711.